The lowest BCUT2D eigenvalue weighted by atomic mass is 10.3. The zero-order valence-corrected chi connectivity index (χ0v) is 11.3. The highest BCUT2D eigenvalue weighted by molar-refractivity contribution is 5.88. The number of hydrogen-bond donors (Lipinski definition) is 1. The molecule has 100 valence electrons. The predicted molar refractivity (Wildman–Crippen MR) is 71.7 cm³/mol. The van der Waals surface area contributed by atoms with Crippen LogP contribution in [0.5, 0.6) is 0 Å². The Morgan fingerprint density at radius 1 is 1.39 bits per heavy atom. The summed E-state index contributed by atoms with van der Waals surface area (Å²) >= 11 is 0. The van der Waals surface area contributed by atoms with Gasteiger partial charge in [0.25, 0.3) is 0 Å². The van der Waals surface area contributed by atoms with Crippen molar-refractivity contribution in [1.29, 1.82) is 0 Å². The SMILES string of the molecule is CC.Cc1ccnc(NC(=O)N2CCOCC2)c1. The molecule has 1 aromatic heterocycles. The van der Waals surface area contributed by atoms with Gasteiger partial charge in [0.2, 0.25) is 0 Å². The first kappa shape index (κ1) is 14.4. The number of morpholine rings is 1. The monoisotopic (exact) mass is 251 g/mol. The molecular formula is C13H21N3O2. The van der Waals surface area contributed by atoms with Crippen LogP contribution in [0.25, 0.3) is 0 Å². The highest BCUT2D eigenvalue weighted by atomic mass is 16.5. The number of aromatic nitrogens is 1. The molecule has 0 saturated carbocycles. The number of amides is 2. The number of carbonyl (C=O) groups is 1. The molecule has 0 bridgehead atoms. The Bertz CT molecular complexity index is 376. The molecule has 0 unspecified atom stereocenters. The number of nitrogens with one attached hydrogen (secondary N) is 1. The van der Waals surface area contributed by atoms with E-state index in [0.29, 0.717) is 32.1 Å². The van der Waals surface area contributed by atoms with Gasteiger partial charge in [-0.25, -0.2) is 9.78 Å². The molecule has 0 aromatic carbocycles. The normalized spacial score (nSPS) is 14.5. The van der Waals surface area contributed by atoms with Crippen LogP contribution in [0.4, 0.5) is 10.6 Å². The number of nitrogens with zero attached hydrogens (tertiary/aromatic N) is 2. The molecule has 1 saturated heterocycles. The van der Waals surface area contributed by atoms with Crippen molar-refractivity contribution in [2.75, 3.05) is 31.6 Å². The second kappa shape index (κ2) is 7.66. The standard InChI is InChI=1S/C11H15N3O2.C2H6/c1-9-2-3-12-10(8-9)13-11(15)14-4-6-16-7-5-14;1-2/h2-3,8H,4-7H2,1H3,(H,12,13,15);1-2H3. The molecule has 1 fully saturated rings. The van der Waals surface area contributed by atoms with Crippen molar-refractivity contribution in [2.24, 2.45) is 0 Å². The van der Waals surface area contributed by atoms with Gasteiger partial charge in [0, 0.05) is 19.3 Å². The van der Waals surface area contributed by atoms with E-state index in [1.807, 2.05) is 32.9 Å². The van der Waals surface area contributed by atoms with Gasteiger partial charge in [-0.3, -0.25) is 5.32 Å². The lowest BCUT2D eigenvalue weighted by molar-refractivity contribution is 0.0564. The van der Waals surface area contributed by atoms with Crippen LogP contribution in [0.1, 0.15) is 19.4 Å². The van der Waals surface area contributed by atoms with Gasteiger partial charge < -0.3 is 9.64 Å². The minimum atomic E-state index is -0.110. The van der Waals surface area contributed by atoms with E-state index in [9.17, 15) is 4.79 Å². The molecule has 5 heteroatoms. The van der Waals surface area contributed by atoms with E-state index in [-0.39, 0.29) is 6.03 Å². The quantitative estimate of drug-likeness (QED) is 0.833. The maximum atomic E-state index is 11.8. The molecule has 0 aliphatic carbocycles. The van der Waals surface area contributed by atoms with Gasteiger partial charge in [0.15, 0.2) is 0 Å². The van der Waals surface area contributed by atoms with Crippen molar-refractivity contribution in [3.05, 3.63) is 23.9 Å². The molecule has 5 nitrogen and oxygen atoms in total. The van der Waals surface area contributed by atoms with E-state index in [4.69, 9.17) is 4.74 Å². The Kier molecular flexibility index (Phi) is 6.14. The second-order valence-corrected chi connectivity index (χ2v) is 3.75. The molecule has 1 N–H and O–H groups in total. The van der Waals surface area contributed by atoms with Gasteiger partial charge in [-0.15, -0.1) is 0 Å². The van der Waals surface area contributed by atoms with Crippen molar-refractivity contribution in [2.45, 2.75) is 20.8 Å². The summed E-state index contributed by atoms with van der Waals surface area (Å²) in [4.78, 5) is 17.6. The van der Waals surface area contributed by atoms with Crippen LogP contribution in [-0.4, -0.2) is 42.2 Å². The first-order valence-corrected chi connectivity index (χ1v) is 6.32. The molecule has 0 radical (unpaired) electrons. The number of pyridine rings is 1. The van der Waals surface area contributed by atoms with Crippen molar-refractivity contribution >= 4 is 11.8 Å². The minimum Gasteiger partial charge on any atom is -0.378 e. The zero-order valence-electron chi connectivity index (χ0n) is 11.3. The average Bonchev–Trinajstić information content (AvgIpc) is 2.42. The molecule has 1 aliphatic rings. The van der Waals surface area contributed by atoms with Crippen molar-refractivity contribution in [3.63, 3.8) is 0 Å². The number of aryl methyl sites for hydroxylation is 1. The third kappa shape index (κ3) is 4.33. The third-order valence-corrected chi connectivity index (χ3v) is 2.45. The van der Waals surface area contributed by atoms with Gasteiger partial charge in [0.05, 0.1) is 13.2 Å². The van der Waals surface area contributed by atoms with Crippen LogP contribution >= 0.6 is 0 Å². The van der Waals surface area contributed by atoms with E-state index in [1.54, 1.807) is 11.1 Å². The Labute approximate surface area is 108 Å². The topological polar surface area (TPSA) is 54.5 Å². The van der Waals surface area contributed by atoms with Crippen LogP contribution < -0.4 is 5.32 Å². The molecule has 2 rings (SSSR count). The van der Waals surface area contributed by atoms with Gasteiger partial charge in [-0.05, 0) is 24.6 Å². The fraction of sp³-hybridized carbons (Fsp3) is 0.538. The molecular weight excluding hydrogens is 230 g/mol. The zero-order chi connectivity index (χ0) is 13.4. The number of carbonyl (C=O) groups excluding carboxylic acids is 1. The maximum absolute atomic E-state index is 11.8. The van der Waals surface area contributed by atoms with Gasteiger partial charge in [0.1, 0.15) is 5.82 Å². The highest BCUT2D eigenvalue weighted by Gasteiger charge is 2.16. The van der Waals surface area contributed by atoms with Gasteiger partial charge >= 0.3 is 6.03 Å². The van der Waals surface area contributed by atoms with E-state index < -0.39 is 0 Å². The van der Waals surface area contributed by atoms with Crippen LogP contribution in [-0.2, 0) is 4.74 Å². The number of anilines is 1. The smallest absolute Gasteiger partial charge is 0.323 e. The van der Waals surface area contributed by atoms with Crippen molar-refractivity contribution in [3.8, 4) is 0 Å². The van der Waals surface area contributed by atoms with E-state index in [1.165, 1.54) is 0 Å². The fourth-order valence-electron chi connectivity index (χ4n) is 1.56. The number of urea groups is 1. The van der Waals surface area contributed by atoms with E-state index in [0.717, 1.165) is 5.56 Å². The summed E-state index contributed by atoms with van der Waals surface area (Å²) in [5, 5.41) is 2.77. The Morgan fingerprint density at radius 2 is 2.06 bits per heavy atom. The summed E-state index contributed by atoms with van der Waals surface area (Å²) in [6.45, 7) is 8.45. The molecule has 2 amide bonds. The van der Waals surface area contributed by atoms with Crippen LogP contribution in [0.3, 0.4) is 0 Å². The van der Waals surface area contributed by atoms with Crippen molar-refractivity contribution in [1.82, 2.24) is 9.88 Å². The highest BCUT2D eigenvalue weighted by Crippen LogP contribution is 2.07. The van der Waals surface area contributed by atoms with Gasteiger partial charge in [-0.1, -0.05) is 13.8 Å². The van der Waals surface area contributed by atoms with E-state index >= 15 is 0 Å². The Balaban J connectivity index is 0.000000771. The summed E-state index contributed by atoms with van der Waals surface area (Å²) in [5.41, 5.74) is 1.08. The van der Waals surface area contributed by atoms with Crippen molar-refractivity contribution < 1.29 is 9.53 Å². The Morgan fingerprint density at radius 3 is 2.67 bits per heavy atom. The molecule has 1 aromatic rings. The van der Waals surface area contributed by atoms with Crippen LogP contribution in [0.15, 0.2) is 18.3 Å². The first-order valence-electron chi connectivity index (χ1n) is 6.32. The molecule has 1 aliphatic heterocycles. The maximum Gasteiger partial charge on any atom is 0.323 e. The summed E-state index contributed by atoms with van der Waals surface area (Å²) in [7, 11) is 0. The van der Waals surface area contributed by atoms with Gasteiger partial charge in [-0.2, -0.15) is 0 Å². The van der Waals surface area contributed by atoms with E-state index in [2.05, 4.69) is 10.3 Å². The molecule has 18 heavy (non-hydrogen) atoms. The number of ether oxygens (including phenoxy) is 1. The largest absolute Gasteiger partial charge is 0.378 e. The number of rotatable bonds is 1. The van der Waals surface area contributed by atoms with Crippen LogP contribution in [0, 0.1) is 6.92 Å². The summed E-state index contributed by atoms with van der Waals surface area (Å²) in [6, 6.07) is 3.63. The summed E-state index contributed by atoms with van der Waals surface area (Å²) < 4.78 is 5.18. The summed E-state index contributed by atoms with van der Waals surface area (Å²) in [5.74, 6) is 0.594. The lowest BCUT2D eigenvalue weighted by Crippen LogP contribution is -2.43. The second-order valence-electron chi connectivity index (χ2n) is 3.75. The first-order chi connectivity index (χ1) is 8.75. The fourth-order valence-corrected chi connectivity index (χ4v) is 1.56. The number of hydrogen-bond acceptors (Lipinski definition) is 3. The minimum absolute atomic E-state index is 0.110. The summed E-state index contributed by atoms with van der Waals surface area (Å²) in [6.07, 6.45) is 1.68. The lowest BCUT2D eigenvalue weighted by Gasteiger charge is -2.26. The molecule has 0 spiro atoms. The Hall–Kier alpha value is -1.62. The molecule has 0 atom stereocenters. The van der Waals surface area contributed by atoms with Crippen LogP contribution in [0.2, 0.25) is 0 Å². The third-order valence-electron chi connectivity index (χ3n) is 2.45. The predicted octanol–water partition coefficient (Wildman–Crippen LogP) is 2.28. The average molecular weight is 251 g/mol. The molecule has 2 heterocycles.